The summed E-state index contributed by atoms with van der Waals surface area (Å²) >= 11 is 0. The molecule has 0 saturated heterocycles. The van der Waals surface area contributed by atoms with Crippen LogP contribution in [-0.4, -0.2) is 4.57 Å². The second kappa shape index (κ2) is 16.4. The average Bonchev–Trinajstić information content (AvgIpc) is 4.12. The van der Waals surface area contributed by atoms with Crippen LogP contribution in [0.5, 0.6) is 0 Å². The zero-order valence-electron chi connectivity index (χ0n) is 39.5. The Morgan fingerprint density at radius 3 is 1.56 bits per heavy atom. The highest BCUT2D eigenvalue weighted by atomic mass is 16.3. The highest BCUT2D eigenvalue weighted by Gasteiger charge is 2.23. The molecule has 73 heavy (non-hydrogen) atoms. The molecule has 0 unspecified atom stereocenters. The predicted molar refractivity (Wildman–Crippen MR) is 305 cm³/mol. The van der Waals surface area contributed by atoms with Gasteiger partial charge in [-0.15, -0.1) is 0 Å². The molecule has 0 aliphatic heterocycles. The molecule has 0 amide bonds. The molecule has 0 bridgehead atoms. The molecule has 0 radical (unpaired) electrons. The Bertz CT molecular complexity index is 4660. The van der Waals surface area contributed by atoms with Crippen molar-refractivity contribution < 1.29 is 8.83 Å². The second-order valence-electron chi connectivity index (χ2n) is 18.9. The fraction of sp³-hybridized carbons (Fsp3) is 0. The van der Waals surface area contributed by atoms with Crippen LogP contribution in [0.4, 0.5) is 34.1 Å². The summed E-state index contributed by atoms with van der Waals surface area (Å²) in [7, 11) is 0. The van der Waals surface area contributed by atoms with Gasteiger partial charge < -0.3 is 23.2 Å². The fourth-order valence-electron chi connectivity index (χ4n) is 11.3. The summed E-state index contributed by atoms with van der Waals surface area (Å²) in [5.74, 6) is 0. The number of fused-ring (bicyclic) bond motifs is 11. The van der Waals surface area contributed by atoms with Crippen LogP contribution in [0, 0.1) is 0 Å². The number of para-hydroxylation sites is 4. The molecule has 0 atom stereocenters. The number of nitrogens with zero attached hydrogens (tertiary/aromatic N) is 3. The standard InChI is InChI=1S/C68H43N3O2/c1-2-18-50(19-3-1)69(53-32-34-64-61(42-53)57-20-8-11-23-63(57)71(64)52-30-27-45-15-5-7-17-47(45)37-52)55-38-49(48-28-35-67-62(40-48)59-22-10-13-25-66(59)72-67)39-56(41-55)70(51-29-26-44-14-4-6-16-46(44)36-51)54-31-33-60-58-21-9-12-24-65(58)73-68(60)43-54/h1-43H. The lowest BCUT2D eigenvalue weighted by atomic mass is 9.99. The number of rotatable bonds is 8. The minimum atomic E-state index is 0.834. The highest BCUT2D eigenvalue weighted by molar-refractivity contribution is 6.12. The van der Waals surface area contributed by atoms with Crippen molar-refractivity contribution in [3.63, 3.8) is 0 Å². The van der Waals surface area contributed by atoms with Gasteiger partial charge in [-0.3, -0.25) is 0 Å². The number of furan rings is 2. The molecule has 15 aromatic rings. The average molecular weight is 934 g/mol. The number of hydrogen-bond donors (Lipinski definition) is 0. The first kappa shape index (κ1) is 41.0. The quantitative estimate of drug-likeness (QED) is 0.152. The first-order valence-corrected chi connectivity index (χ1v) is 24.8. The summed E-state index contributed by atoms with van der Waals surface area (Å²) in [4.78, 5) is 4.78. The summed E-state index contributed by atoms with van der Waals surface area (Å²) in [6.45, 7) is 0. The molecule has 0 fully saturated rings. The molecule has 5 nitrogen and oxygen atoms in total. The molecule has 0 spiro atoms. The molecule has 12 aromatic carbocycles. The van der Waals surface area contributed by atoms with Crippen LogP contribution in [0.1, 0.15) is 0 Å². The molecule has 5 heteroatoms. The van der Waals surface area contributed by atoms with E-state index in [4.69, 9.17) is 8.83 Å². The molecule has 15 rings (SSSR count). The third-order valence-corrected chi connectivity index (χ3v) is 14.7. The first-order valence-electron chi connectivity index (χ1n) is 24.8. The Morgan fingerprint density at radius 2 is 0.781 bits per heavy atom. The van der Waals surface area contributed by atoms with E-state index in [0.717, 1.165) is 111 Å². The van der Waals surface area contributed by atoms with Crippen LogP contribution in [0.2, 0.25) is 0 Å². The molecule has 3 heterocycles. The van der Waals surface area contributed by atoms with Crippen LogP contribution in [0.25, 0.3) is 104 Å². The molecule has 342 valence electrons. The molecular weight excluding hydrogens is 891 g/mol. The molecule has 0 saturated carbocycles. The van der Waals surface area contributed by atoms with Crippen molar-refractivity contribution in [2.75, 3.05) is 9.80 Å². The lowest BCUT2D eigenvalue weighted by Gasteiger charge is -2.30. The van der Waals surface area contributed by atoms with E-state index >= 15 is 0 Å². The summed E-state index contributed by atoms with van der Waals surface area (Å²) in [5.41, 5.74) is 15.1. The van der Waals surface area contributed by atoms with E-state index in [9.17, 15) is 0 Å². The maximum absolute atomic E-state index is 6.59. The van der Waals surface area contributed by atoms with E-state index in [1.54, 1.807) is 0 Å². The third-order valence-electron chi connectivity index (χ3n) is 14.7. The second-order valence-corrected chi connectivity index (χ2v) is 18.9. The SMILES string of the molecule is c1ccc(N(c2cc(-c3ccc4oc5ccccc5c4c3)cc(N(c3ccc4ccccc4c3)c3ccc4c(c3)oc3ccccc34)c2)c2ccc3c(c2)c2ccccc2n3-c2ccc3ccccc3c2)cc1. The van der Waals surface area contributed by atoms with E-state index < -0.39 is 0 Å². The Morgan fingerprint density at radius 1 is 0.247 bits per heavy atom. The number of benzene rings is 12. The van der Waals surface area contributed by atoms with Gasteiger partial charge in [0.1, 0.15) is 22.3 Å². The maximum atomic E-state index is 6.59. The van der Waals surface area contributed by atoms with Gasteiger partial charge in [0.15, 0.2) is 0 Å². The van der Waals surface area contributed by atoms with Gasteiger partial charge in [-0.2, -0.15) is 0 Å². The normalized spacial score (nSPS) is 11.8. The maximum Gasteiger partial charge on any atom is 0.137 e. The van der Waals surface area contributed by atoms with E-state index in [1.807, 2.05) is 24.3 Å². The van der Waals surface area contributed by atoms with Crippen molar-refractivity contribution in [2.45, 2.75) is 0 Å². The van der Waals surface area contributed by atoms with Gasteiger partial charge in [-0.1, -0.05) is 140 Å². The van der Waals surface area contributed by atoms with Crippen molar-refractivity contribution in [2.24, 2.45) is 0 Å². The third kappa shape index (κ3) is 6.78. The highest BCUT2D eigenvalue weighted by Crippen LogP contribution is 2.47. The summed E-state index contributed by atoms with van der Waals surface area (Å²) in [6.07, 6.45) is 0. The van der Waals surface area contributed by atoms with Gasteiger partial charge in [0.25, 0.3) is 0 Å². The zero-order valence-corrected chi connectivity index (χ0v) is 39.5. The van der Waals surface area contributed by atoms with E-state index in [-0.39, 0.29) is 0 Å². The molecule has 0 aliphatic carbocycles. The monoisotopic (exact) mass is 933 g/mol. The van der Waals surface area contributed by atoms with E-state index in [2.05, 4.69) is 251 Å². The van der Waals surface area contributed by atoms with Gasteiger partial charge in [-0.25, -0.2) is 0 Å². The number of anilines is 6. The van der Waals surface area contributed by atoms with Gasteiger partial charge in [0, 0.05) is 78.2 Å². The van der Waals surface area contributed by atoms with Crippen LogP contribution in [0.3, 0.4) is 0 Å². The number of hydrogen-bond acceptors (Lipinski definition) is 4. The van der Waals surface area contributed by atoms with Crippen molar-refractivity contribution >= 4 is 121 Å². The van der Waals surface area contributed by atoms with Gasteiger partial charge in [0.05, 0.1) is 11.0 Å². The van der Waals surface area contributed by atoms with Crippen LogP contribution in [0.15, 0.2) is 270 Å². The fourth-order valence-corrected chi connectivity index (χ4v) is 11.3. The molecule has 0 aliphatic rings. The lowest BCUT2D eigenvalue weighted by Crippen LogP contribution is -2.13. The zero-order chi connectivity index (χ0) is 48.0. The summed E-state index contributed by atoms with van der Waals surface area (Å²) < 4.78 is 15.4. The summed E-state index contributed by atoms with van der Waals surface area (Å²) in [6, 6.07) is 93.9. The van der Waals surface area contributed by atoms with Crippen LogP contribution >= 0.6 is 0 Å². The lowest BCUT2D eigenvalue weighted by molar-refractivity contribution is 0.668. The summed E-state index contributed by atoms with van der Waals surface area (Å²) in [5, 5.41) is 11.5. The Balaban J connectivity index is 0.986. The van der Waals surface area contributed by atoms with Gasteiger partial charge in [-0.05, 0) is 148 Å². The smallest absolute Gasteiger partial charge is 0.137 e. The van der Waals surface area contributed by atoms with Crippen molar-refractivity contribution in [3.05, 3.63) is 261 Å². The van der Waals surface area contributed by atoms with Crippen molar-refractivity contribution in [3.8, 4) is 16.8 Å². The van der Waals surface area contributed by atoms with Gasteiger partial charge >= 0.3 is 0 Å². The Labute approximate surface area is 420 Å². The minimum absolute atomic E-state index is 0.834. The van der Waals surface area contributed by atoms with Crippen molar-refractivity contribution in [1.29, 1.82) is 0 Å². The molecule has 3 aromatic heterocycles. The van der Waals surface area contributed by atoms with Crippen LogP contribution in [-0.2, 0) is 0 Å². The van der Waals surface area contributed by atoms with E-state index in [1.165, 1.54) is 26.9 Å². The molecular formula is C68H43N3O2. The molecule has 0 N–H and O–H groups in total. The van der Waals surface area contributed by atoms with Gasteiger partial charge in [0.2, 0.25) is 0 Å². The first-order chi connectivity index (χ1) is 36.1. The Hall–Kier alpha value is -9.84. The number of aromatic nitrogens is 1. The minimum Gasteiger partial charge on any atom is -0.456 e. The van der Waals surface area contributed by atoms with Crippen LogP contribution < -0.4 is 9.80 Å². The largest absolute Gasteiger partial charge is 0.456 e. The Kier molecular flexibility index (Phi) is 9.19. The van der Waals surface area contributed by atoms with E-state index in [0.29, 0.717) is 0 Å². The van der Waals surface area contributed by atoms with Crippen molar-refractivity contribution in [1.82, 2.24) is 4.57 Å². The topological polar surface area (TPSA) is 37.7 Å². The predicted octanol–water partition coefficient (Wildman–Crippen LogP) is 19.5.